The molecular formula is C6H12BrNO2. The van der Waals surface area contributed by atoms with Crippen molar-refractivity contribution < 1.29 is 9.90 Å². The summed E-state index contributed by atoms with van der Waals surface area (Å²) >= 11 is 3.22. The van der Waals surface area contributed by atoms with E-state index in [9.17, 15) is 4.79 Å². The van der Waals surface area contributed by atoms with Crippen LogP contribution in [0.25, 0.3) is 0 Å². The van der Waals surface area contributed by atoms with E-state index in [2.05, 4.69) is 15.9 Å². The van der Waals surface area contributed by atoms with Crippen LogP contribution in [-0.2, 0) is 4.79 Å². The number of rotatable bonds is 4. The lowest BCUT2D eigenvalue weighted by Gasteiger charge is -2.13. The highest BCUT2D eigenvalue weighted by atomic mass is 79.9. The molecule has 0 heterocycles. The summed E-state index contributed by atoms with van der Waals surface area (Å²) in [6.45, 7) is 1.83. The molecule has 0 aliphatic carbocycles. The van der Waals surface area contributed by atoms with Crippen molar-refractivity contribution in [2.75, 3.05) is 5.33 Å². The average molecular weight is 210 g/mol. The first-order chi connectivity index (χ1) is 4.59. The van der Waals surface area contributed by atoms with Gasteiger partial charge in [0.15, 0.2) is 0 Å². The summed E-state index contributed by atoms with van der Waals surface area (Å²) in [5, 5.41) is 9.24. The van der Waals surface area contributed by atoms with Gasteiger partial charge in [-0.2, -0.15) is 0 Å². The maximum Gasteiger partial charge on any atom is 0.320 e. The lowest BCUT2D eigenvalue weighted by atomic mass is 10.0. The second kappa shape index (κ2) is 4.68. The number of halogens is 1. The fourth-order valence-electron chi connectivity index (χ4n) is 0.595. The van der Waals surface area contributed by atoms with Crippen molar-refractivity contribution in [2.45, 2.75) is 19.4 Å². The molecule has 0 aromatic heterocycles. The fraction of sp³-hybridized carbons (Fsp3) is 0.833. The monoisotopic (exact) mass is 209 g/mol. The van der Waals surface area contributed by atoms with Crippen molar-refractivity contribution in [1.82, 2.24) is 0 Å². The predicted molar refractivity (Wildman–Crippen MR) is 43.2 cm³/mol. The van der Waals surface area contributed by atoms with Crippen molar-refractivity contribution in [3.63, 3.8) is 0 Å². The van der Waals surface area contributed by atoms with E-state index >= 15 is 0 Å². The normalized spacial score (nSPS) is 16.3. The summed E-state index contributed by atoms with van der Waals surface area (Å²) in [5.74, 6) is -0.884. The zero-order valence-electron chi connectivity index (χ0n) is 5.88. The summed E-state index contributed by atoms with van der Waals surface area (Å²) in [6, 6.07) is -0.724. The van der Waals surface area contributed by atoms with E-state index < -0.39 is 12.0 Å². The zero-order chi connectivity index (χ0) is 8.15. The number of hydrogen-bond acceptors (Lipinski definition) is 2. The van der Waals surface area contributed by atoms with Gasteiger partial charge < -0.3 is 10.8 Å². The summed E-state index contributed by atoms with van der Waals surface area (Å²) in [4.78, 5) is 10.3. The van der Waals surface area contributed by atoms with Crippen LogP contribution >= 0.6 is 15.9 Å². The molecule has 0 spiro atoms. The second-order valence-electron chi connectivity index (χ2n) is 2.32. The van der Waals surface area contributed by atoms with E-state index in [-0.39, 0.29) is 5.92 Å². The Hall–Kier alpha value is -0.0900. The van der Waals surface area contributed by atoms with Crippen LogP contribution in [0.2, 0.25) is 0 Å². The van der Waals surface area contributed by atoms with Crippen LogP contribution in [0, 0.1) is 5.92 Å². The molecule has 0 aromatic carbocycles. The van der Waals surface area contributed by atoms with E-state index in [1.165, 1.54) is 0 Å². The van der Waals surface area contributed by atoms with E-state index in [1.807, 2.05) is 6.92 Å². The molecular weight excluding hydrogens is 198 g/mol. The van der Waals surface area contributed by atoms with Gasteiger partial charge in [0.25, 0.3) is 0 Å². The highest BCUT2D eigenvalue weighted by Crippen LogP contribution is 2.07. The Labute approximate surface area is 68.7 Å². The van der Waals surface area contributed by atoms with Crippen molar-refractivity contribution in [1.29, 1.82) is 0 Å². The fourth-order valence-corrected chi connectivity index (χ4v) is 1.32. The Morgan fingerprint density at radius 2 is 2.30 bits per heavy atom. The Kier molecular flexibility index (Phi) is 4.64. The standard InChI is InChI=1S/C6H12BrNO2/c1-4(2-3-7)5(8)6(9)10/h4-5H,2-3,8H2,1H3,(H,9,10)/t4-,5-/m0/s1. The minimum absolute atomic E-state index is 0.0388. The second-order valence-corrected chi connectivity index (χ2v) is 3.11. The van der Waals surface area contributed by atoms with Crippen LogP contribution in [-0.4, -0.2) is 22.4 Å². The molecule has 0 unspecified atom stereocenters. The molecule has 0 aliphatic rings. The molecule has 60 valence electrons. The molecule has 3 nitrogen and oxygen atoms in total. The molecule has 0 saturated heterocycles. The third-order valence-corrected chi connectivity index (χ3v) is 1.92. The van der Waals surface area contributed by atoms with E-state index in [1.54, 1.807) is 0 Å². The maximum atomic E-state index is 10.3. The molecule has 0 rings (SSSR count). The molecule has 4 heteroatoms. The SMILES string of the molecule is C[C@@H](CCBr)[C@H](N)C(=O)O. The Balaban J connectivity index is 3.69. The van der Waals surface area contributed by atoms with Gasteiger partial charge in [-0.25, -0.2) is 0 Å². The molecule has 0 radical (unpaired) electrons. The molecule has 3 N–H and O–H groups in total. The smallest absolute Gasteiger partial charge is 0.320 e. The van der Waals surface area contributed by atoms with Crippen LogP contribution in [0.3, 0.4) is 0 Å². The van der Waals surface area contributed by atoms with Crippen molar-refractivity contribution in [3.8, 4) is 0 Å². The molecule has 0 saturated carbocycles. The highest BCUT2D eigenvalue weighted by Gasteiger charge is 2.18. The van der Waals surface area contributed by atoms with Crippen molar-refractivity contribution in [2.24, 2.45) is 11.7 Å². The van der Waals surface area contributed by atoms with Crippen LogP contribution in [0.4, 0.5) is 0 Å². The van der Waals surface area contributed by atoms with Gasteiger partial charge in [0.1, 0.15) is 6.04 Å². The van der Waals surface area contributed by atoms with Gasteiger partial charge in [0.05, 0.1) is 0 Å². The van der Waals surface area contributed by atoms with Gasteiger partial charge in [-0.1, -0.05) is 22.9 Å². The number of carboxylic acids is 1. The minimum atomic E-state index is -0.923. The summed E-state index contributed by atoms with van der Waals surface area (Å²) in [7, 11) is 0. The average Bonchev–Trinajstić information content (AvgIpc) is 1.87. The van der Waals surface area contributed by atoms with Crippen molar-refractivity contribution in [3.05, 3.63) is 0 Å². The molecule has 2 atom stereocenters. The predicted octanol–water partition coefficient (Wildman–Crippen LogP) is 0.819. The third-order valence-electron chi connectivity index (χ3n) is 1.46. The molecule has 0 aliphatic heterocycles. The highest BCUT2D eigenvalue weighted by molar-refractivity contribution is 9.09. The number of nitrogens with two attached hydrogens (primary N) is 1. The minimum Gasteiger partial charge on any atom is -0.480 e. The number of carbonyl (C=O) groups is 1. The number of hydrogen-bond donors (Lipinski definition) is 2. The summed E-state index contributed by atoms with van der Waals surface area (Å²) < 4.78 is 0. The van der Waals surface area contributed by atoms with Crippen LogP contribution in [0.5, 0.6) is 0 Å². The Bertz CT molecular complexity index is 118. The molecule has 0 aromatic rings. The van der Waals surface area contributed by atoms with E-state index in [4.69, 9.17) is 10.8 Å². The van der Waals surface area contributed by atoms with Crippen LogP contribution in [0.1, 0.15) is 13.3 Å². The zero-order valence-corrected chi connectivity index (χ0v) is 7.47. The van der Waals surface area contributed by atoms with E-state index in [0.717, 1.165) is 11.8 Å². The summed E-state index contributed by atoms with van der Waals surface area (Å²) in [6.07, 6.45) is 0.799. The van der Waals surface area contributed by atoms with E-state index in [0.29, 0.717) is 0 Å². The van der Waals surface area contributed by atoms with Gasteiger partial charge in [-0.05, 0) is 12.3 Å². The Morgan fingerprint density at radius 1 is 1.80 bits per heavy atom. The van der Waals surface area contributed by atoms with Gasteiger partial charge in [-0.15, -0.1) is 0 Å². The number of alkyl halides is 1. The van der Waals surface area contributed by atoms with Gasteiger partial charge in [0, 0.05) is 5.33 Å². The molecule has 0 fully saturated rings. The first-order valence-corrected chi connectivity index (χ1v) is 4.26. The lowest BCUT2D eigenvalue weighted by Crippen LogP contribution is -2.36. The lowest BCUT2D eigenvalue weighted by molar-refractivity contribution is -0.139. The van der Waals surface area contributed by atoms with Gasteiger partial charge >= 0.3 is 5.97 Å². The Morgan fingerprint density at radius 3 is 2.60 bits per heavy atom. The maximum absolute atomic E-state index is 10.3. The third kappa shape index (κ3) is 3.17. The quantitative estimate of drug-likeness (QED) is 0.675. The van der Waals surface area contributed by atoms with Crippen LogP contribution in [0.15, 0.2) is 0 Å². The molecule has 10 heavy (non-hydrogen) atoms. The number of carboxylic acid groups (broad SMARTS) is 1. The largest absolute Gasteiger partial charge is 0.480 e. The topological polar surface area (TPSA) is 63.3 Å². The first kappa shape index (κ1) is 9.91. The van der Waals surface area contributed by atoms with Crippen LogP contribution < -0.4 is 5.73 Å². The number of aliphatic carboxylic acids is 1. The summed E-state index contributed by atoms with van der Waals surface area (Å²) in [5.41, 5.74) is 5.33. The van der Waals surface area contributed by atoms with Gasteiger partial charge in [-0.3, -0.25) is 4.79 Å². The van der Waals surface area contributed by atoms with Crippen molar-refractivity contribution >= 4 is 21.9 Å². The molecule has 0 amide bonds. The van der Waals surface area contributed by atoms with Gasteiger partial charge in [0.2, 0.25) is 0 Å². The first-order valence-electron chi connectivity index (χ1n) is 3.14. The molecule has 0 bridgehead atoms.